The summed E-state index contributed by atoms with van der Waals surface area (Å²) in [7, 11) is -3.79. The van der Waals surface area contributed by atoms with Crippen LogP contribution in [0.3, 0.4) is 0 Å². The molecule has 1 saturated heterocycles. The lowest BCUT2D eigenvalue weighted by Crippen LogP contribution is -2.52. The third-order valence-corrected chi connectivity index (χ3v) is 7.41. The number of hydrogen-bond donors (Lipinski definition) is 2. The molecule has 2 aliphatic rings. The minimum Gasteiger partial charge on any atom is -0.322 e. The molecule has 0 bridgehead atoms. The molecule has 1 aromatic carbocycles. The smallest absolute Gasteiger partial charge is 0.262 e. The van der Waals surface area contributed by atoms with E-state index in [4.69, 9.17) is 0 Å². The minimum atomic E-state index is -3.79. The molecule has 0 radical (unpaired) electrons. The Labute approximate surface area is 165 Å². The highest BCUT2D eigenvalue weighted by atomic mass is 32.2. The number of hydrogen-bond acceptors (Lipinski definition) is 6. The van der Waals surface area contributed by atoms with Crippen LogP contribution in [-0.4, -0.2) is 37.1 Å². The molecule has 10 heteroatoms. The van der Waals surface area contributed by atoms with Gasteiger partial charge in [0.15, 0.2) is 0 Å². The maximum absolute atomic E-state index is 12.8. The molecule has 2 aliphatic heterocycles. The lowest BCUT2D eigenvalue weighted by atomic mass is 10.0. The van der Waals surface area contributed by atoms with E-state index in [9.17, 15) is 22.8 Å². The Hall–Kier alpha value is -2.72. The van der Waals surface area contributed by atoms with Crippen LogP contribution in [0.5, 0.6) is 0 Å². The summed E-state index contributed by atoms with van der Waals surface area (Å²) in [6.07, 6.45) is 0.410. The van der Waals surface area contributed by atoms with Crippen molar-refractivity contribution in [2.45, 2.75) is 37.2 Å². The van der Waals surface area contributed by atoms with E-state index in [2.05, 4.69) is 10.0 Å². The molecule has 4 rings (SSSR count). The van der Waals surface area contributed by atoms with Crippen molar-refractivity contribution in [1.29, 1.82) is 0 Å². The third-order valence-electron chi connectivity index (χ3n) is 4.93. The largest absolute Gasteiger partial charge is 0.322 e. The Bertz CT molecular complexity index is 1110. The van der Waals surface area contributed by atoms with Gasteiger partial charge >= 0.3 is 0 Å². The van der Waals surface area contributed by atoms with E-state index in [0.29, 0.717) is 21.7 Å². The molecule has 3 heterocycles. The second-order valence-electron chi connectivity index (χ2n) is 6.68. The molecule has 2 aromatic rings. The average molecular weight is 419 g/mol. The highest BCUT2D eigenvalue weighted by Crippen LogP contribution is 2.34. The van der Waals surface area contributed by atoms with Crippen LogP contribution in [0.2, 0.25) is 0 Å². The molecule has 0 aliphatic carbocycles. The van der Waals surface area contributed by atoms with Crippen molar-refractivity contribution in [3.8, 4) is 0 Å². The van der Waals surface area contributed by atoms with E-state index in [1.54, 1.807) is 30.5 Å². The summed E-state index contributed by atoms with van der Waals surface area (Å²) >= 11 is 1.33. The first kappa shape index (κ1) is 18.6. The topological polar surface area (TPSA) is 113 Å². The zero-order valence-corrected chi connectivity index (χ0v) is 16.5. The second kappa shape index (κ2) is 6.71. The number of carbonyl (C=O) groups is 3. The van der Waals surface area contributed by atoms with Crippen LogP contribution < -0.4 is 10.0 Å². The number of piperidine rings is 1. The zero-order valence-electron chi connectivity index (χ0n) is 14.9. The summed E-state index contributed by atoms with van der Waals surface area (Å²) in [5.41, 5.74) is 1.19. The number of sulfonamides is 1. The van der Waals surface area contributed by atoms with E-state index in [0.717, 1.165) is 0 Å². The summed E-state index contributed by atoms with van der Waals surface area (Å²) < 4.78 is 28.0. The van der Waals surface area contributed by atoms with Gasteiger partial charge < -0.3 is 4.90 Å². The maximum atomic E-state index is 12.8. The van der Waals surface area contributed by atoms with Crippen LogP contribution in [0, 0.1) is 6.92 Å². The highest BCUT2D eigenvalue weighted by Gasteiger charge is 2.40. The summed E-state index contributed by atoms with van der Waals surface area (Å²) in [6.45, 7) is 1.82. The first-order valence-corrected chi connectivity index (χ1v) is 11.0. The molecule has 1 aromatic heterocycles. The van der Waals surface area contributed by atoms with Gasteiger partial charge in [-0.25, -0.2) is 8.42 Å². The van der Waals surface area contributed by atoms with Crippen LogP contribution in [0.25, 0.3) is 0 Å². The summed E-state index contributed by atoms with van der Waals surface area (Å²) in [4.78, 5) is 38.6. The lowest BCUT2D eigenvalue weighted by Gasteiger charge is -2.29. The number of thiophene rings is 1. The Morgan fingerprint density at radius 2 is 2.00 bits per heavy atom. The number of carbonyl (C=O) groups excluding carboxylic acids is 3. The van der Waals surface area contributed by atoms with Gasteiger partial charge in [0.2, 0.25) is 11.8 Å². The van der Waals surface area contributed by atoms with Crippen molar-refractivity contribution in [3.63, 3.8) is 0 Å². The SMILES string of the molecule is Cc1sccc1S(=O)(=O)Nc1cccc2c1CN(C1CCC(=O)NC1=O)C2=O. The Kier molecular flexibility index (Phi) is 4.47. The van der Waals surface area contributed by atoms with E-state index < -0.39 is 22.0 Å². The molecule has 0 saturated carbocycles. The van der Waals surface area contributed by atoms with Gasteiger partial charge in [-0.1, -0.05) is 6.07 Å². The molecule has 1 unspecified atom stereocenters. The summed E-state index contributed by atoms with van der Waals surface area (Å²) in [5.74, 6) is -1.21. The van der Waals surface area contributed by atoms with Crippen molar-refractivity contribution in [3.05, 3.63) is 45.6 Å². The summed E-state index contributed by atoms with van der Waals surface area (Å²) in [5, 5.41) is 3.95. The molecular weight excluding hydrogens is 402 g/mol. The predicted octanol–water partition coefficient (Wildman–Crippen LogP) is 1.62. The fraction of sp³-hybridized carbons (Fsp3) is 0.278. The van der Waals surface area contributed by atoms with E-state index in [1.807, 2.05) is 0 Å². The zero-order chi connectivity index (χ0) is 20.1. The Morgan fingerprint density at radius 3 is 2.68 bits per heavy atom. The number of imide groups is 1. The first-order chi connectivity index (χ1) is 13.3. The van der Waals surface area contributed by atoms with Gasteiger partial charge in [-0.2, -0.15) is 0 Å². The van der Waals surface area contributed by atoms with Gasteiger partial charge in [-0.05, 0) is 36.9 Å². The fourth-order valence-electron chi connectivity index (χ4n) is 3.53. The Morgan fingerprint density at radius 1 is 1.21 bits per heavy atom. The van der Waals surface area contributed by atoms with Gasteiger partial charge in [0, 0.05) is 29.0 Å². The first-order valence-electron chi connectivity index (χ1n) is 8.61. The summed E-state index contributed by atoms with van der Waals surface area (Å²) in [6, 6.07) is 5.59. The second-order valence-corrected chi connectivity index (χ2v) is 9.45. The molecular formula is C18H17N3O5S2. The predicted molar refractivity (Wildman–Crippen MR) is 102 cm³/mol. The van der Waals surface area contributed by atoms with Crippen molar-refractivity contribution in [2.24, 2.45) is 0 Å². The van der Waals surface area contributed by atoms with Gasteiger partial charge in [-0.15, -0.1) is 11.3 Å². The van der Waals surface area contributed by atoms with Crippen molar-refractivity contribution in [2.75, 3.05) is 4.72 Å². The minimum absolute atomic E-state index is 0.0990. The van der Waals surface area contributed by atoms with Crippen LogP contribution in [-0.2, 0) is 26.2 Å². The molecule has 0 spiro atoms. The number of rotatable bonds is 4. The fourth-order valence-corrected chi connectivity index (χ4v) is 5.90. The molecule has 1 atom stereocenters. The normalized spacial score (nSPS) is 19.5. The quantitative estimate of drug-likeness (QED) is 0.732. The number of nitrogens with zero attached hydrogens (tertiary/aromatic N) is 1. The van der Waals surface area contributed by atoms with Crippen molar-refractivity contribution >= 4 is 44.8 Å². The molecule has 8 nitrogen and oxygen atoms in total. The van der Waals surface area contributed by atoms with E-state index in [1.165, 1.54) is 22.3 Å². The number of nitrogens with one attached hydrogen (secondary N) is 2. The van der Waals surface area contributed by atoms with Gasteiger partial charge in [0.05, 0.1) is 5.69 Å². The molecule has 2 N–H and O–H groups in total. The third kappa shape index (κ3) is 3.08. The maximum Gasteiger partial charge on any atom is 0.262 e. The Balaban J connectivity index is 1.64. The monoisotopic (exact) mass is 419 g/mol. The molecule has 28 heavy (non-hydrogen) atoms. The van der Waals surface area contributed by atoms with E-state index in [-0.39, 0.29) is 36.1 Å². The van der Waals surface area contributed by atoms with E-state index >= 15 is 0 Å². The standard InChI is InChI=1S/C18H17N3O5S2/c1-10-15(7-8-27-10)28(25,26)20-13-4-2-3-11-12(13)9-21(18(11)24)14-5-6-16(22)19-17(14)23/h2-4,7-8,14,20H,5-6,9H2,1H3,(H,19,22,23). The van der Waals surface area contributed by atoms with Crippen molar-refractivity contribution < 1.29 is 22.8 Å². The number of anilines is 1. The van der Waals surface area contributed by atoms with Crippen LogP contribution in [0.4, 0.5) is 5.69 Å². The lowest BCUT2D eigenvalue weighted by molar-refractivity contribution is -0.136. The van der Waals surface area contributed by atoms with Gasteiger partial charge in [-0.3, -0.25) is 24.4 Å². The van der Waals surface area contributed by atoms with Gasteiger partial charge in [0.25, 0.3) is 15.9 Å². The number of benzene rings is 1. The average Bonchev–Trinajstić information content (AvgIpc) is 3.20. The number of fused-ring (bicyclic) bond motifs is 1. The van der Waals surface area contributed by atoms with Gasteiger partial charge in [0.1, 0.15) is 10.9 Å². The molecule has 3 amide bonds. The highest BCUT2D eigenvalue weighted by molar-refractivity contribution is 7.93. The van der Waals surface area contributed by atoms with Crippen LogP contribution in [0.1, 0.15) is 33.6 Å². The number of amides is 3. The number of aryl methyl sites for hydroxylation is 1. The molecule has 1 fully saturated rings. The van der Waals surface area contributed by atoms with Crippen molar-refractivity contribution in [1.82, 2.24) is 10.2 Å². The van der Waals surface area contributed by atoms with Crippen LogP contribution >= 0.6 is 11.3 Å². The van der Waals surface area contributed by atoms with Crippen LogP contribution in [0.15, 0.2) is 34.5 Å². The molecule has 146 valence electrons.